The Morgan fingerprint density at radius 1 is 1.12 bits per heavy atom. The maximum atomic E-state index is 13.3. The van der Waals surface area contributed by atoms with Gasteiger partial charge in [-0.25, -0.2) is 0 Å². The molecule has 0 N–H and O–H groups in total. The third-order valence-corrected chi connectivity index (χ3v) is 6.48. The SMILES string of the molecule is Cc1c(C(=O)N(CC2CCCO2)CC2CCCO2)sc2ccccc12. The van der Waals surface area contributed by atoms with Crippen LogP contribution < -0.4 is 0 Å². The predicted octanol–water partition coefficient (Wildman–Crippen LogP) is 4.01. The number of ether oxygens (including phenoxy) is 2. The summed E-state index contributed by atoms with van der Waals surface area (Å²) in [5, 5.41) is 1.19. The van der Waals surface area contributed by atoms with Crippen LogP contribution in [0, 0.1) is 6.92 Å². The fraction of sp³-hybridized carbons (Fsp3) is 0.550. The zero-order chi connectivity index (χ0) is 17.2. The first-order valence-corrected chi connectivity index (χ1v) is 10.0. The third-order valence-electron chi connectivity index (χ3n) is 5.22. The molecule has 1 aromatic heterocycles. The van der Waals surface area contributed by atoms with E-state index in [4.69, 9.17) is 9.47 Å². The number of carbonyl (C=O) groups excluding carboxylic acids is 1. The number of fused-ring (bicyclic) bond motifs is 1. The zero-order valence-electron chi connectivity index (χ0n) is 14.7. The van der Waals surface area contributed by atoms with Gasteiger partial charge in [-0.2, -0.15) is 0 Å². The van der Waals surface area contributed by atoms with Gasteiger partial charge in [0.15, 0.2) is 0 Å². The highest BCUT2D eigenvalue weighted by molar-refractivity contribution is 7.21. The molecule has 0 spiro atoms. The second-order valence-corrected chi connectivity index (χ2v) is 8.08. The number of hydrogen-bond donors (Lipinski definition) is 0. The van der Waals surface area contributed by atoms with Crippen molar-refractivity contribution in [2.45, 2.75) is 44.8 Å². The smallest absolute Gasteiger partial charge is 0.264 e. The molecule has 3 heterocycles. The van der Waals surface area contributed by atoms with Crippen molar-refractivity contribution >= 4 is 27.3 Å². The molecule has 0 saturated carbocycles. The molecule has 0 aliphatic carbocycles. The van der Waals surface area contributed by atoms with Crippen LogP contribution in [-0.2, 0) is 9.47 Å². The number of benzene rings is 1. The Bertz CT molecular complexity index is 726. The Balaban J connectivity index is 1.59. The monoisotopic (exact) mass is 359 g/mol. The Hall–Kier alpha value is -1.43. The number of carbonyl (C=O) groups is 1. The van der Waals surface area contributed by atoms with E-state index in [0.717, 1.165) is 49.3 Å². The standard InChI is InChI=1S/C20H25NO3S/c1-14-17-8-2-3-9-18(17)25-19(14)20(22)21(12-15-6-4-10-23-15)13-16-7-5-11-24-16/h2-3,8-9,15-16H,4-7,10-13H2,1H3. The van der Waals surface area contributed by atoms with Crippen LogP contribution in [0.2, 0.25) is 0 Å². The van der Waals surface area contributed by atoms with E-state index in [1.54, 1.807) is 11.3 Å². The van der Waals surface area contributed by atoms with Gasteiger partial charge in [0.1, 0.15) is 0 Å². The van der Waals surface area contributed by atoms with E-state index < -0.39 is 0 Å². The van der Waals surface area contributed by atoms with Gasteiger partial charge in [0.05, 0.1) is 17.1 Å². The van der Waals surface area contributed by atoms with Crippen LogP contribution >= 0.6 is 11.3 Å². The van der Waals surface area contributed by atoms with Gasteiger partial charge >= 0.3 is 0 Å². The van der Waals surface area contributed by atoms with Crippen molar-refractivity contribution in [1.82, 2.24) is 4.90 Å². The number of hydrogen-bond acceptors (Lipinski definition) is 4. The molecule has 134 valence electrons. The van der Waals surface area contributed by atoms with Gasteiger partial charge in [-0.05, 0) is 49.6 Å². The molecule has 2 fully saturated rings. The van der Waals surface area contributed by atoms with Crippen molar-refractivity contribution in [2.75, 3.05) is 26.3 Å². The summed E-state index contributed by atoms with van der Waals surface area (Å²) in [5.41, 5.74) is 1.09. The zero-order valence-corrected chi connectivity index (χ0v) is 15.5. The molecular formula is C20H25NO3S. The first-order chi connectivity index (χ1) is 12.2. The van der Waals surface area contributed by atoms with Crippen LogP contribution in [0.4, 0.5) is 0 Å². The summed E-state index contributed by atoms with van der Waals surface area (Å²) < 4.78 is 12.8. The first kappa shape index (κ1) is 17.0. The minimum Gasteiger partial charge on any atom is -0.376 e. The number of nitrogens with zero attached hydrogens (tertiary/aromatic N) is 1. The van der Waals surface area contributed by atoms with Crippen molar-refractivity contribution in [3.8, 4) is 0 Å². The van der Waals surface area contributed by atoms with Crippen molar-refractivity contribution < 1.29 is 14.3 Å². The lowest BCUT2D eigenvalue weighted by Crippen LogP contribution is -2.41. The van der Waals surface area contributed by atoms with E-state index >= 15 is 0 Å². The lowest BCUT2D eigenvalue weighted by molar-refractivity contribution is 0.0310. The summed E-state index contributed by atoms with van der Waals surface area (Å²) in [6.07, 6.45) is 4.60. The first-order valence-electron chi connectivity index (χ1n) is 9.23. The average Bonchev–Trinajstić information content (AvgIpc) is 3.36. The molecule has 2 aliphatic rings. The minimum atomic E-state index is 0.129. The Morgan fingerprint density at radius 2 is 1.76 bits per heavy atom. The minimum absolute atomic E-state index is 0.129. The predicted molar refractivity (Wildman–Crippen MR) is 100 cm³/mol. The van der Waals surface area contributed by atoms with Gasteiger partial charge < -0.3 is 14.4 Å². The number of aryl methyl sites for hydroxylation is 1. The average molecular weight is 359 g/mol. The molecule has 0 bridgehead atoms. The summed E-state index contributed by atoms with van der Waals surface area (Å²) in [6, 6.07) is 8.26. The topological polar surface area (TPSA) is 38.8 Å². The summed E-state index contributed by atoms with van der Waals surface area (Å²) in [5.74, 6) is 0.129. The maximum Gasteiger partial charge on any atom is 0.264 e. The quantitative estimate of drug-likeness (QED) is 0.810. The van der Waals surface area contributed by atoms with Crippen LogP contribution in [-0.4, -0.2) is 49.3 Å². The molecular weight excluding hydrogens is 334 g/mol. The highest BCUT2D eigenvalue weighted by Crippen LogP contribution is 2.32. The molecule has 1 amide bonds. The number of thiophene rings is 1. The summed E-state index contributed by atoms with van der Waals surface area (Å²) >= 11 is 1.60. The molecule has 2 aromatic rings. The molecule has 2 saturated heterocycles. The van der Waals surface area contributed by atoms with Crippen molar-refractivity contribution in [3.63, 3.8) is 0 Å². The summed E-state index contributed by atoms with van der Waals surface area (Å²) in [4.78, 5) is 16.2. The van der Waals surface area contributed by atoms with Crippen molar-refractivity contribution in [3.05, 3.63) is 34.7 Å². The van der Waals surface area contributed by atoms with Crippen LogP contribution in [0.1, 0.15) is 40.9 Å². The van der Waals surface area contributed by atoms with Crippen molar-refractivity contribution in [1.29, 1.82) is 0 Å². The van der Waals surface area contributed by atoms with Crippen LogP contribution in [0.5, 0.6) is 0 Å². The van der Waals surface area contributed by atoms with E-state index in [1.165, 1.54) is 10.1 Å². The second-order valence-electron chi connectivity index (χ2n) is 7.03. The number of amides is 1. The van der Waals surface area contributed by atoms with Crippen molar-refractivity contribution in [2.24, 2.45) is 0 Å². The van der Waals surface area contributed by atoms with E-state index in [1.807, 2.05) is 17.0 Å². The molecule has 1 aromatic carbocycles. The maximum absolute atomic E-state index is 13.3. The van der Waals surface area contributed by atoms with Crippen LogP contribution in [0.3, 0.4) is 0 Å². The largest absolute Gasteiger partial charge is 0.376 e. The summed E-state index contributed by atoms with van der Waals surface area (Å²) in [7, 11) is 0. The van der Waals surface area contributed by atoms with Gasteiger partial charge in [-0.3, -0.25) is 4.79 Å². The van der Waals surface area contributed by atoms with Gasteiger partial charge in [0.2, 0.25) is 0 Å². The molecule has 4 rings (SSSR count). The third kappa shape index (κ3) is 3.59. The fourth-order valence-corrected chi connectivity index (χ4v) is 5.01. The molecule has 4 nitrogen and oxygen atoms in total. The fourth-order valence-electron chi connectivity index (χ4n) is 3.83. The Labute approximate surface area is 152 Å². The molecule has 2 atom stereocenters. The van der Waals surface area contributed by atoms with Gasteiger partial charge in [-0.1, -0.05) is 18.2 Å². The Kier molecular flexibility index (Phi) is 5.06. The lowest BCUT2D eigenvalue weighted by Gasteiger charge is -2.27. The van der Waals surface area contributed by atoms with E-state index in [9.17, 15) is 4.79 Å². The normalized spacial score (nSPS) is 23.4. The van der Waals surface area contributed by atoms with Gasteiger partial charge in [-0.15, -0.1) is 11.3 Å². The molecule has 5 heteroatoms. The summed E-state index contributed by atoms with van der Waals surface area (Å²) in [6.45, 7) is 5.03. The van der Waals surface area contributed by atoms with Crippen LogP contribution in [0.25, 0.3) is 10.1 Å². The molecule has 25 heavy (non-hydrogen) atoms. The molecule has 0 radical (unpaired) electrons. The lowest BCUT2D eigenvalue weighted by atomic mass is 10.1. The highest BCUT2D eigenvalue weighted by atomic mass is 32.1. The van der Waals surface area contributed by atoms with E-state index in [-0.39, 0.29) is 18.1 Å². The van der Waals surface area contributed by atoms with Crippen LogP contribution in [0.15, 0.2) is 24.3 Å². The van der Waals surface area contributed by atoms with Gasteiger partial charge in [0, 0.05) is 31.0 Å². The molecule has 2 unspecified atom stereocenters. The van der Waals surface area contributed by atoms with E-state index in [0.29, 0.717) is 13.1 Å². The Morgan fingerprint density at radius 3 is 2.32 bits per heavy atom. The van der Waals surface area contributed by atoms with E-state index in [2.05, 4.69) is 19.1 Å². The van der Waals surface area contributed by atoms with Gasteiger partial charge in [0.25, 0.3) is 5.91 Å². The second kappa shape index (κ2) is 7.44. The molecule has 2 aliphatic heterocycles. The highest BCUT2D eigenvalue weighted by Gasteiger charge is 2.29. The number of rotatable bonds is 5.